The van der Waals surface area contributed by atoms with Gasteiger partial charge in [0.25, 0.3) is 5.91 Å². The number of thioether (sulfide) groups is 2. The number of aliphatic carboxylic acids is 1. The number of hydrogen-bond acceptors (Lipinski definition) is 5. The maximum absolute atomic E-state index is 12.2. The minimum Gasteiger partial charge on any atom is -0.480 e. The quantitative estimate of drug-likeness (QED) is 0.838. The predicted octanol–water partition coefficient (Wildman–Crippen LogP) is 2.47. The van der Waals surface area contributed by atoms with Crippen LogP contribution in [0.15, 0.2) is 6.07 Å². The van der Waals surface area contributed by atoms with E-state index in [9.17, 15) is 9.59 Å². The third-order valence-corrected chi connectivity index (χ3v) is 5.95. The van der Waals surface area contributed by atoms with Crippen molar-refractivity contribution in [2.75, 3.05) is 17.8 Å². The molecule has 0 bridgehead atoms. The van der Waals surface area contributed by atoms with Crippen LogP contribution in [0.25, 0.3) is 0 Å². The summed E-state index contributed by atoms with van der Waals surface area (Å²) >= 11 is 4.95. The fourth-order valence-corrected chi connectivity index (χ4v) is 4.73. The fraction of sp³-hybridized carbons (Fsp3) is 0.538. The van der Waals surface area contributed by atoms with Crippen LogP contribution in [-0.4, -0.2) is 40.8 Å². The number of hydrogen-bond donors (Lipinski definition) is 2. The number of carbonyl (C=O) groups is 2. The monoisotopic (exact) mass is 331 g/mol. The van der Waals surface area contributed by atoms with Gasteiger partial charge in [0.05, 0.1) is 4.88 Å². The Labute approximate surface area is 130 Å². The number of aryl methyl sites for hydroxylation is 1. The lowest BCUT2D eigenvalue weighted by Crippen LogP contribution is -2.40. The summed E-state index contributed by atoms with van der Waals surface area (Å²) in [6.07, 6.45) is 3.38. The first-order valence-corrected chi connectivity index (χ1v) is 9.70. The molecule has 7 heteroatoms. The summed E-state index contributed by atoms with van der Waals surface area (Å²) in [7, 11) is 0. The number of carboxylic acid groups (broad SMARTS) is 1. The van der Waals surface area contributed by atoms with Gasteiger partial charge in [-0.1, -0.05) is 0 Å². The maximum Gasteiger partial charge on any atom is 0.326 e. The van der Waals surface area contributed by atoms with Gasteiger partial charge >= 0.3 is 5.97 Å². The number of fused-ring (bicyclic) bond motifs is 1. The van der Waals surface area contributed by atoms with Crippen molar-refractivity contribution in [3.63, 3.8) is 0 Å². The highest BCUT2D eigenvalue weighted by molar-refractivity contribution is 7.98. The normalized spacial score (nSPS) is 15.4. The number of carboxylic acids is 1. The molecule has 1 aromatic rings. The van der Waals surface area contributed by atoms with Crippen molar-refractivity contribution in [3.8, 4) is 0 Å². The molecule has 0 unspecified atom stereocenters. The molecule has 1 aromatic heterocycles. The van der Waals surface area contributed by atoms with Crippen LogP contribution in [0.1, 0.15) is 26.5 Å². The minimum absolute atomic E-state index is 0.261. The predicted molar refractivity (Wildman–Crippen MR) is 86.1 cm³/mol. The Morgan fingerprint density at radius 2 is 2.35 bits per heavy atom. The molecule has 0 saturated heterocycles. The first-order chi connectivity index (χ1) is 9.61. The average Bonchev–Trinajstić information content (AvgIpc) is 2.86. The van der Waals surface area contributed by atoms with Crippen LogP contribution < -0.4 is 5.32 Å². The molecule has 0 saturated carbocycles. The summed E-state index contributed by atoms with van der Waals surface area (Å²) in [6, 6.07) is 1.11. The minimum atomic E-state index is -0.968. The van der Waals surface area contributed by atoms with E-state index >= 15 is 0 Å². The summed E-state index contributed by atoms with van der Waals surface area (Å²) in [5.41, 5.74) is 1.23. The van der Waals surface area contributed by atoms with Gasteiger partial charge in [0.2, 0.25) is 0 Å². The molecular weight excluding hydrogens is 314 g/mol. The summed E-state index contributed by atoms with van der Waals surface area (Å²) in [4.78, 5) is 25.2. The van der Waals surface area contributed by atoms with Crippen molar-refractivity contribution in [3.05, 3.63) is 21.4 Å². The second-order valence-corrected chi connectivity index (χ2v) is 7.73. The topological polar surface area (TPSA) is 66.4 Å². The first kappa shape index (κ1) is 15.7. The highest BCUT2D eigenvalue weighted by atomic mass is 32.2. The van der Waals surface area contributed by atoms with Crippen molar-refractivity contribution < 1.29 is 14.7 Å². The van der Waals surface area contributed by atoms with Gasteiger partial charge in [-0.05, 0) is 42.2 Å². The molecule has 2 N–H and O–H groups in total. The number of amides is 1. The molecule has 1 aliphatic rings. The molecule has 1 amide bonds. The van der Waals surface area contributed by atoms with Gasteiger partial charge in [-0.25, -0.2) is 4.79 Å². The molecule has 2 heterocycles. The number of nitrogens with one attached hydrogen (secondary N) is 1. The third kappa shape index (κ3) is 3.93. The van der Waals surface area contributed by atoms with Crippen molar-refractivity contribution >= 4 is 46.7 Å². The maximum atomic E-state index is 12.2. The van der Waals surface area contributed by atoms with Crippen LogP contribution in [0.3, 0.4) is 0 Å². The van der Waals surface area contributed by atoms with Crippen LogP contribution in [-0.2, 0) is 17.0 Å². The molecule has 0 spiro atoms. The van der Waals surface area contributed by atoms with E-state index in [1.165, 1.54) is 21.8 Å². The zero-order chi connectivity index (χ0) is 14.5. The Hall–Kier alpha value is -0.660. The van der Waals surface area contributed by atoms with E-state index < -0.39 is 12.0 Å². The molecule has 2 rings (SSSR count). The van der Waals surface area contributed by atoms with Gasteiger partial charge in [0.15, 0.2) is 0 Å². The smallest absolute Gasteiger partial charge is 0.326 e. The lowest BCUT2D eigenvalue weighted by atomic mass is 10.2. The molecule has 0 aliphatic carbocycles. The zero-order valence-electron chi connectivity index (χ0n) is 11.2. The Kier molecular flexibility index (Phi) is 5.80. The van der Waals surface area contributed by atoms with Gasteiger partial charge in [-0.2, -0.15) is 23.5 Å². The third-order valence-electron chi connectivity index (χ3n) is 3.07. The molecule has 20 heavy (non-hydrogen) atoms. The first-order valence-electron chi connectivity index (χ1n) is 6.33. The molecule has 4 nitrogen and oxygen atoms in total. The van der Waals surface area contributed by atoms with Crippen molar-refractivity contribution in [1.82, 2.24) is 5.32 Å². The fourth-order valence-electron chi connectivity index (χ4n) is 1.98. The average molecular weight is 331 g/mol. The Bertz CT molecular complexity index is 478. The van der Waals surface area contributed by atoms with Crippen molar-refractivity contribution in [1.29, 1.82) is 0 Å². The van der Waals surface area contributed by atoms with Crippen LogP contribution in [0.4, 0.5) is 0 Å². The molecule has 110 valence electrons. The zero-order valence-corrected chi connectivity index (χ0v) is 13.6. The van der Waals surface area contributed by atoms with Crippen LogP contribution in [0, 0.1) is 0 Å². The second-order valence-electron chi connectivity index (χ2n) is 4.51. The Balaban J connectivity index is 2.02. The molecule has 1 atom stereocenters. The van der Waals surface area contributed by atoms with Gasteiger partial charge < -0.3 is 10.4 Å². The van der Waals surface area contributed by atoms with E-state index in [2.05, 4.69) is 5.32 Å². The van der Waals surface area contributed by atoms with Crippen LogP contribution in [0.2, 0.25) is 0 Å². The summed E-state index contributed by atoms with van der Waals surface area (Å²) in [5.74, 6) is 1.54. The molecular formula is C13H17NO3S3. The molecule has 1 aliphatic heterocycles. The highest BCUT2D eigenvalue weighted by Gasteiger charge is 2.23. The second kappa shape index (κ2) is 7.38. The van der Waals surface area contributed by atoms with Gasteiger partial charge in [-0.3, -0.25) is 4.79 Å². The highest BCUT2D eigenvalue weighted by Crippen LogP contribution is 2.31. The van der Waals surface area contributed by atoms with E-state index in [0.717, 1.165) is 23.7 Å². The standard InChI is InChI=1S/C13H17NO3S3/c1-18-4-2-9(13(16)17)14-12(15)11-6-8-7-19-5-3-10(8)20-11/h6,9H,2-5,7H2,1H3,(H,14,15)(H,16,17)/t9-/m0/s1. The Morgan fingerprint density at radius 3 is 3.00 bits per heavy atom. The van der Waals surface area contributed by atoms with Crippen LogP contribution >= 0.6 is 34.9 Å². The van der Waals surface area contributed by atoms with E-state index in [1.807, 2.05) is 24.1 Å². The molecule has 0 radical (unpaired) electrons. The van der Waals surface area contributed by atoms with E-state index in [0.29, 0.717) is 11.3 Å². The number of thiophene rings is 1. The van der Waals surface area contributed by atoms with Crippen molar-refractivity contribution in [2.24, 2.45) is 0 Å². The van der Waals surface area contributed by atoms with E-state index in [4.69, 9.17) is 5.11 Å². The van der Waals surface area contributed by atoms with E-state index in [-0.39, 0.29) is 5.91 Å². The van der Waals surface area contributed by atoms with Gasteiger partial charge in [0, 0.05) is 10.6 Å². The molecule has 0 aromatic carbocycles. The summed E-state index contributed by atoms with van der Waals surface area (Å²) in [5, 5.41) is 11.8. The lowest BCUT2D eigenvalue weighted by Gasteiger charge is -2.12. The summed E-state index contributed by atoms with van der Waals surface area (Å²) < 4.78 is 0. The van der Waals surface area contributed by atoms with E-state index in [1.54, 1.807) is 11.8 Å². The SMILES string of the molecule is CSCC[C@H](NC(=O)c1cc2c(s1)CCSC2)C(=O)O. The molecule has 0 fully saturated rings. The Morgan fingerprint density at radius 1 is 1.55 bits per heavy atom. The number of rotatable bonds is 6. The lowest BCUT2D eigenvalue weighted by molar-refractivity contribution is -0.139. The van der Waals surface area contributed by atoms with Crippen molar-refractivity contribution in [2.45, 2.75) is 24.6 Å². The van der Waals surface area contributed by atoms with Gasteiger partial charge in [0.1, 0.15) is 6.04 Å². The van der Waals surface area contributed by atoms with Gasteiger partial charge in [-0.15, -0.1) is 11.3 Å². The largest absolute Gasteiger partial charge is 0.480 e. The van der Waals surface area contributed by atoms with Crippen LogP contribution in [0.5, 0.6) is 0 Å². The number of carbonyl (C=O) groups excluding carboxylic acids is 1. The summed E-state index contributed by atoms with van der Waals surface area (Å²) in [6.45, 7) is 0.